The molecule has 6 heteroatoms. The molecule has 0 spiro atoms. The van der Waals surface area contributed by atoms with E-state index < -0.39 is 0 Å². The summed E-state index contributed by atoms with van der Waals surface area (Å²) in [5.41, 5.74) is 1.03. The second kappa shape index (κ2) is 7.46. The quantitative estimate of drug-likeness (QED) is 0.915. The van der Waals surface area contributed by atoms with E-state index in [0.717, 1.165) is 43.4 Å². The molecule has 0 atom stereocenters. The Hall–Kier alpha value is -2.08. The molecule has 1 fully saturated rings. The van der Waals surface area contributed by atoms with Crippen molar-refractivity contribution in [2.24, 2.45) is 5.92 Å². The van der Waals surface area contributed by atoms with Gasteiger partial charge in [0, 0.05) is 37.3 Å². The van der Waals surface area contributed by atoms with Crippen LogP contribution in [-0.2, 0) is 0 Å². The molecule has 1 N–H and O–H groups in total. The van der Waals surface area contributed by atoms with Gasteiger partial charge in [-0.3, -0.25) is 4.98 Å². The number of nitrogens with one attached hydrogen (secondary N) is 1. The first-order chi connectivity index (χ1) is 11.2. The van der Waals surface area contributed by atoms with Gasteiger partial charge in [0.1, 0.15) is 0 Å². The van der Waals surface area contributed by atoms with E-state index in [1.807, 2.05) is 0 Å². The first-order valence-electron chi connectivity index (χ1n) is 8.29. The summed E-state index contributed by atoms with van der Waals surface area (Å²) in [7, 11) is 0. The summed E-state index contributed by atoms with van der Waals surface area (Å²) in [5.74, 6) is 2.50. The van der Waals surface area contributed by atoms with Crippen LogP contribution in [0.25, 0.3) is 0 Å². The highest BCUT2D eigenvalue weighted by molar-refractivity contribution is 5.51. The van der Waals surface area contributed by atoms with E-state index in [-0.39, 0.29) is 0 Å². The summed E-state index contributed by atoms with van der Waals surface area (Å²) in [6.45, 7) is 7.98. The molecule has 0 radical (unpaired) electrons. The Morgan fingerprint density at radius 1 is 1.04 bits per heavy atom. The maximum absolute atomic E-state index is 4.59. The molecular weight excluding hydrogens is 288 g/mol. The third-order valence-corrected chi connectivity index (χ3v) is 4.12. The molecule has 0 bridgehead atoms. The fourth-order valence-corrected chi connectivity index (χ4v) is 3.12. The number of piperidine rings is 1. The van der Waals surface area contributed by atoms with E-state index in [0.29, 0.717) is 11.9 Å². The molecule has 3 heterocycles. The molecule has 1 aliphatic heterocycles. The zero-order chi connectivity index (χ0) is 16.1. The summed E-state index contributed by atoms with van der Waals surface area (Å²) in [6.07, 6.45) is 9.16. The van der Waals surface area contributed by atoms with E-state index >= 15 is 0 Å². The smallest absolute Gasteiger partial charge is 0.228 e. The first-order valence-corrected chi connectivity index (χ1v) is 8.29. The zero-order valence-corrected chi connectivity index (χ0v) is 13.8. The van der Waals surface area contributed by atoms with Gasteiger partial charge in [0.25, 0.3) is 0 Å². The second-order valence-corrected chi connectivity index (χ2v) is 6.46. The number of hydrogen-bond donors (Lipinski definition) is 1. The standard InChI is InChI=1S/C17H24N6/c1-13(2)12-23-10-4-14(5-11-23)15-16(19-9-8-18-15)22-17-20-6-3-7-21-17/h3,6-9,13-14H,4-5,10-12H2,1-2H3,(H,19,20,21,22). The monoisotopic (exact) mass is 312 g/mol. The lowest BCUT2D eigenvalue weighted by Gasteiger charge is -2.33. The number of nitrogens with zero attached hydrogens (tertiary/aromatic N) is 5. The molecule has 0 amide bonds. The minimum absolute atomic E-state index is 0.443. The molecule has 0 saturated carbocycles. The Kier molecular flexibility index (Phi) is 5.12. The first kappa shape index (κ1) is 15.8. The third kappa shape index (κ3) is 4.22. The average Bonchev–Trinajstić information content (AvgIpc) is 2.57. The van der Waals surface area contributed by atoms with Crippen molar-refractivity contribution in [2.75, 3.05) is 25.0 Å². The van der Waals surface area contributed by atoms with Gasteiger partial charge >= 0.3 is 0 Å². The topological polar surface area (TPSA) is 66.8 Å². The van der Waals surface area contributed by atoms with Crippen LogP contribution in [0.2, 0.25) is 0 Å². The largest absolute Gasteiger partial charge is 0.307 e. The molecule has 1 saturated heterocycles. The number of hydrogen-bond acceptors (Lipinski definition) is 6. The zero-order valence-electron chi connectivity index (χ0n) is 13.8. The predicted octanol–water partition coefficient (Wildman–Crippen LogP) is 2.85. The van der Waals surface area contributed by atoms with Gasteiger partial charge in [0.15, 0.2) is 5.82 Å². The van der Waals surface area contributed by atoms with Crippen molar-refractivity contribution in [1.29, 1.82) is 0 Å². The Bertz CT molecular complexity index is 607. The van der Waals surface area contributed by atoms with Crippen LogP contribution in [0.5, 0.6) is 0 Å². The van der Waals surface area contributed by atoms with Crippen molar-refractivity contribution < 1.29 is 0 Å². The van der Waals surface area contributed by atoms with Crippen LogP contribution in [0.15, 0.2) is 30.9 Å². The Balaban J connectivity index is 1.69. The van der Waals surface area contributed by atoms with Crippen LogP contribution in [0.1, 0.15) is 38.3 Å². The molecule has 0 aromatic carbocycles. The van der Waals surface area contributed by atoms with Crippen molar-refractivity contribution >= 4 is 11.8 Å². The molecule has 2 aromatic heterocycles. The third-order valence-electron chi connectivity index (χ3n) is 4.12. The molecule has 122 valence electrons. The molecular formula is C17H24N6. The van der Waals surface area contributed by atoms with E-state index in [1.165, 1.54) is 6.54 Å². The highest BCUT2D eigenvalue weighted by Gasteiger charge is 2.24. The van der Waals surface area contributed by atoms with E-state index in [9.17, 15) is 0 Å². The molecule has 2 aromatic rings. The van der Waals surface area contributed by atoms with Gasteiger partial charge in [-0.25, -0.2) is 15.0 Å². The lowest BCUT2D eigenvalue weighted by Crippen LogP contribution is -2.35. The van der Waals surface area contributed by atoms with Crippen LogP contribution in [0, 0.1) is 5.92 Å². The molecule has 6 nitrogen and oxygen atoms in total. The molecule has 1 aliphatic rings. The maximum atomic E-state index is 4.59. The highest BCUT2D eigenvalue weighted by Crippen LogP contribution is 2.31. The van der Waals surface area contributed by atoms with Crippen molar-refractivity contribution in [3.05, 3.63) is 36.5 Å². The second-order valence-electron chi connectivity index (χ2n) is 6.46. The predicted molar refractivity (Wildman–Crippen MR) is 90.6 cm³/mol. The molecule has 3 rings (SSSR count). The van der Waals surface area contributed by atoms with Gasteiger partial charge in [0.2, 0.25) is 5.95 Å². The fourth-order valence-electron chi connectivity index (χ4n) is 3.12. The summed E-state index contributed by atoms with van der Waals surface area (Å²) in [4.78, 5) is 20.0. The van der Waals surface area contributed by atoms with Crippen molar-refractivity contribution in [2.45, 2.75) is 32.6 Å². The highest BCUT2D eigenvalue weighted by atomic mass is 15.2. The summed E-state index contributed by atoms with van der Waals surface area (Å²) in [6, 6.07) is 1.80. The summed E-state index contributed by atoms with van der Waals surface area (Å²) in [5, 5.41) is 3.20. The summed E-state index contributed by atoms with van der Waals surface area (Å²) >= 11 is 0. The number of rotatable bonds is 5. The van der Waals surface area contributed by atoms with Crippen molar-refractivity contribution in [3.8, 4) is 0 Å². The molecule has 23 heavy (non-hydrogen) atoms. The van der Waals surface area contributed by atoms with Crippen LogP contribution in [0.4, 0.5) is 11.8 Å². The number of aromatic nitrogens is 4. The number of anilines is 2. The Morgan fingerprint density at radius 3 is 2.43 bits per heavy atom. The normalized spacial score (nSPS) is 16.7. The molecule has 0 unspecified atom stereocenters. The van der Waals surface area contributed by atoms with Crippen LogP contribution >= 0.6 is 0 Å². The van der Waals surface area contributed by atoms with Gasteiger partial charge in [-0.1, -0.05) is 13.8 Å². The van der Waals surface area contributed by atoms with E-state index in [4.69, 9.17) is 0 Å². The van der Waals surface area contributed by atoms with Gasteiger partial charge in [0.05, 0.1) is 5.69 Å². The van der Waals surface area contributed by atoms with Crippen molar-refractivity contribution in [1.82, 2.24) is 24.8 Å². The lowest BCUT2D eigenvalue weighted by atomic mass is 9.92. The Morgan fingerprint density at radius 2 is 1.74 bits per heavy atom. The molecule has 0 aliphatic carbocycles. The number of likely N-dealkylation sites (tertiary alicyclic amines) is 1. The average molecular weight is 312 g/mol. The van der Waals surface area contributed by atoms with Crippen LogP contribution < -0.4 is 5.32 Å². The lowest BCUT2D eigenvalue weighted by molar-refractivity contribution is 0.191. The minimum Gasteiger partial charge on any atom is -0.307 e. The van der Waals surface area contributed by atoms with Gasteiger partial charge in [-0.2, -0.15) is 0 Å². The van der Waals surface area contributed by atoms with Gasteiger partial charge in [-0.15, -0.1) is 0 Å². The SMILES string of the molecule is CC(C)CN1CCC(c2nccnc2Nc2ncccn2)CC1. The van der Waals surface area contributed by atoms with Crippen molar-refractivity contribution in [3.63, 3.8) is 0 Å². The minimum atomic E-state index is 0.443. The maximum Gasteiger partial charge on any atom is 0.228 e. The Labute approximate surface area is 137 Å². The summed E-state index contributed by atoms with van der Waals surface area (Å²) < 4.78 is 0. The van der Waals surface area contributed by atoms with Crippen LogP contribution in [-0.4, -0.2) is 44.5 Å². The van der Waals surface area contributed by atoms with Crippen LogP contribution in [0.3, 0.4) is 0 Å². The van der Waals surface area contributed by atoms with E-state index in [2.05, 4.69) is 44.0 Å². The van der Waals surface area contributed by atoms with E-state index in [1.54, 1.807) is 30.9 Å². The fraction of sp³-hybridized carbons (Fsp3) is 0.529. The van der Waals surface area contributed by atoms with Gasteiger partial charge in [-0.05, 0) is 37.9 Å². The van der Waals surface area contributed by atoms with Gasteiger partial charge < -0.3 is 10.2 Å².